The smallest absolute Gasteiger partial charge is 0.262 e. The molecular weight excluding hydrogens is 368 g/mol. The fourth-order valence-electron chi connectivity index (χ4n) is 2.89. The Morgan fingerprint density at radius 3 is 2.54 bits per heavy atom. The largest absolute Gasteiger partial charge is 0.482 e. The minimum absolute atomic E-state index is 0.107. The second-order valence-corrected chi connectivity index (χ2v) is 6.99. The quantitative estimate of drug-likeness (QED) is 0.764. The van der Waals surface area contributed by atoms with E-state index in [1.165, 1.54) is 19.3 Å². The average Bonchev–Trinajstić information content (AvgIpc) is 2.68. The first kappa shape index (κ1) is 18.7. The lowest BCUT2D eigenvalue weighted by molar-refractivity contribution is -0.118. The van der Waals surface area contributed by atoms with Crippen molar-refractivity contribution in [1.29, 1.82) is 0 Å². The molecule has 1 saturated heterocycles. The number of nitrogens with one attached hydrogen (secondary N) is 1. The van der Waals surface area contributed by atoms with Gasteiger partial charge in [0.2, 0.25) is 0 Å². The van der Waals surface area contributed by atoms with Crippen molar-refractivity contribution in [2.75, 3.05) is 25.0 Å². The highest BCUT2D eigenvalue weighted by Crippen LogP contribution is 2.27. The summed E-state index contributed by atoms with van der Waals surface area (Å²) in [5.41, 5.74) is 1.64. The van der Waals surface area contributed by atoms with Gasteiger partial charge < -0.3 is 15.0 Å². The van der Waals surface area contributed by atoms with Crippen LogP contribution < -0.4 is 10.1 Å². The summed E-state index contributed by atoms with van der Waals surface area (Å²) < 4.78 is 5.55. The van der Waals surface area contributed by atoms with Crippen LogP contribution in [0.5, 0.6) is 5.75 Å². The number of rotatable bonds is 5. The van der Waals surface area contributed by atoms with E-state index >= 15 is 0 Å². The zero-order chi connectivity index (χ0) is 18.4. The number of piperidine rings is 1. The van der Waals surface area contributed by atoms with E-state index < -0.39 is 0 Å². The number of benzene rings is 2. The van der Waals surface area contributed by atoms with Gasteiger partial charge in [-0.1, -0.05) is 42.0 Å². The van der Waals surface area contributed by atoms with E-state index in [0.29, 0.717) is 10.8 Å². The summed E-state index contributed by atoms with van der Waals surface area (Å²) >= 11 is 11.9. The van der Waals surface area contributed by atoms with Gasteiger partial charge in [-0.3, -0.25) is 4.79 Å². The molecule has 26 heavy (non-hydrogen) atoms. The maximum atomic E-state index is 12.0. The summed E-state index contributed by atoms with van der Waals surface area (Å²) in [4.78, 5) is 15.0. The van der Waals surface area contributed by atoms with Gasteiger partial charge in [-0.2, -0.15) is 0 Å². The van der Waals surface area contributed by atoms with Gasteiger partial charge in [0.25, 0.3) is 5.91 Å². The molecule has 0 aliphatic carbocycles. The van der Waals surface area contributed by atoms with E-state index in [4.69, 9.17) is 28.6 Å². The van der Waals surface area contributed by atoms with Gasteiger partial charge in [-0.05, 0) is 49.6 Å². The summed E-state index contributed by atoms with van der Waals surface area (Å²) in [6, 6.07) is 14.7. The summed E-state index contributed by atoms with van der Waals surface area (Å²) in [5.74, 6) is 0.236. The molecule has 0 saturated carbocycles. The Balaban J connectivity index is 1.57. The first-order chi connectivity index (χ1) is 12.6. The standard InChI is InChI=1S/C20H21ClN2O2S/c21-17-13-15(20(26)23-11-5-2-6-12-23)9-10-18(17)25-14-19(24)22-16-7-3-1-4-8-16/h1,3-4,7-10,13H,2,5-6,11-12,14H2,(H,22,24). The Morgan fingerprint density at radius 1 is 1.12 bits per heavy atom. The summed E-state index contributed by atoms with van der Waals surface area (Å²) in [7, 11) is 0. The Morgan fingerprint density at radius 2 is 1.85 bits per heavy atom. The third-order valence-electron chi connectivity index (χ3n) is 4.24. The van der Waals surface area contributed by atoms with Crippen LogP contribution in [0.15, 0.2) is 48.5 Å². The van der Waals surface area contributed by atoms with Crippen LogP contribution in [0.3, 0.4) is 0 Å². The van der Waals surface area contributed by atoms with E-state index in [2.05, 4.69) is 10.2 Å². The molecule has 1 aliphatic rings. The van der Waals surface area contributed by atoms with E-state index in [1.54, 1.807) is 6.07 Å². The molecule has 0 spiro atoms. The highest BCUT2D eigenvalue weighted by Gasteiger charge is 2.16. The van der Waals surface area contributed by atoms with Crippen molar-refractivity contribution in [3.8, 4) is 5.75 Å². The predicted octanol–water partition coefficient (Wildman–Crippen LogP) is 4.52. The van der Waals surface area contributed by atoms with Crippen molar-refractivity contribution in [3.05, 3.63) is 59.1 Å². The van der Waals surface area contributed by atoms with E-state index in [1.807, 2.05) is 42.5 Å². The molecule has 4 nitrogen and oxygen atoms in total. The average molecular weight is 389 g/mol. The molecule has 136 valence electrons. The van der Waals surface area contributed by atoms with Crippen LogP contribution in [0.1, 0.15) is 24.8 Å². The SMILES string of the molecule is O=C(COc1ccc(C(=S)N2CCCCC2)cc1Cl)Nc1ccccc1. The third-order valence-corrected chi connectivity index (χ3v) is 5.03. The fourth-order valence-corrected chi connectivity index (χ4v) is 3.44. The van der Waals surface area contributed by atoms with Crippen molar-refractivity contribution in [3.63, 3.8) is 0 Å². The Bertz CT molecular complexity index is 777. The fraction of sp³-hybridized carbons (Fsp3) is 0.300. The Labute approximate surface area is 164 Å². The predicted molar refractivity (Wildman–Crippen MR) is 109 cm³/mol. The van der Waals surface area contributed by atoms with Crippen LogP contribution in [0.4, 0.5) is 5.69 Å². The molecule has 2 aromatic rings. The number of halogens is 1. The first-order valence-corrected chi connectivity index (χ1v) is 9.48. The number of hydrogen-bond donors (Lipinski definition) is 1. The minimum atomic E-state index is -0.236. The number of likely N-dealkylation sites (tertiary alicyclic amines) is 1. The van der Waals surface area contributed by atoms with Crippen molar-refractivity contribution < 1.29 is 9.53 Å². The number of thiocarbonyl (C=S) groups is 1. The van der Waals surface area contributed by atoms with Crippen LogP contribution >= 0.6 is 23.8 Å². The minimum Gasteiger partial charge on any atom is -0.482 e. The van der Waals surface area contributed by atoms with Gasteiger partial charge in [0.1, 0.15) is 10.7 Å². The second-order valence-electron chi connectivity index (χ2n) is 6.20. The molecule has 0 aromatic heterocycles. The normalized spacial score (nSPS) is 14.0. The number of nitrogens with zero attached hydrogens (tertiary/aromatic N) is 1. The maximum Gasteiger partial charge on any atom is 0.262 e. The highest BCUT2D eigenvalue weighted by atomic mass is 35.5. The van der Waals surface area contributed by atoms with Crippen LogP contribution in [0.2, 0.25) is 5.02 Å². The summed E-state index contributed by atoms with van der Waals surface area (Å²) in [6.45, 7) is 1.88. The van der Waals surface area contributed by atoms with Gasteiger partial charge >= 0.3 is 0 Å². The monoisotopic (exact) mass is 388 g/mol. The lowest BCUT2D eigenvalue weighted by Gasteiger charge is -2.29. The number of anilines is 1. The lowest BCUT2D eigenvalue weighted by atomic mass is 10.1. The van der Waals surface area contributed by atoms with Crippen molar-refractivity contribution in [2.24, 2.45) is 0 Å². The summed E-state index contributed by atoms with van der Waals surface area (Å²) in [6.07, 6.45) is 3.61. The summed E-state index contributed by atoms with van der Waals surface area (Å²) in [5, 5.41) is 3.22. The molecule has 1 heterocycles. The number of amides is 1. The highest BCUT2D eigenvalue weighted by molar-refractivity contribution is 7.80. The zero-order valence-electron chi connectivity index (χ0n) is 14.4. The number of hydrogen-bond acceptors (Lipinski definition) is 3. The van der Waals surface area contributed by atoms with Gasteiger partial charge in [0.05, 0.1) is 5.02 Å². The van der Waals surface area contributed by atoms with Crippen LogP contribution in [0, 0.1) is 0 Å². The molecule has 3 rings (SSSR count). The molecule has 1 N–H and O–H groups in total. The number of carbonyl (C=O) groups is 1. The Hall–Kier alpha value is -2.11. The van der Waals surface area contributed by atoms with Crippen LogP contribution in [-0.2, 0) is 4.79 Å². The number of ether oxygens (including phenoxy) is 1. The Kier molecular flexibility index (Phi) is 6.47. The van der Waals surface area contributed by atoms with Crippen molar-refractivity contribution in [1.82, 2.24) is 4.90 Å². The van der Waals surface area contributed by atoms with E-state index in [-0.39, 0.29) is 12.5 Å². The molecular formula is C20H21ClN2O2S. The molecule has 6 heteroatoms. The molecule has 1 aliphatic heterocycles. The second kappa shape index (κ2) is 9.01. The molecule has 0 unspecified atom stereocenters. The van der Waals surface area contributed by atoms with Crippen LogP contribution in [0.25, 0.3) is 0 Å². The molecule has 0 bridgehead atoms. The van der Waals surface area contributed by atoms with Crippen molar-refractivity contribution in [2.45, 2.75) is 19.3 Å². The molecule has 0 atom stereocenters. The first-order valence-electron chi connectivity index (χ1n) is 8.70. The van der Waals surface area contributed by atoms with Gasteiger partial charge in [0, 0.05) is 24.3 Å². The number of carbonyl (C=O) groups excluding carboxylic acids is 1. The maximum absolute atomic E-state index is 12.0. The molecule has 1 fully saturated rings. The van der Waals surface area contributed by atoms with Gasteiger partial charge in [-0.25, -0.2) is 0 Å². The molecule has 0 radical (unpaired) electrons. The van der Waals surface area contributed by atoms with E-state index in [0.717, 1.165) is 29.3 Å². The van der Waals surface area contributed by atoms with Crippen LogP contribution in [-0.4, -0.2) is 35.5 Å². The molecule has 2 aromatic carbocycles. The lowest BCUT2D eigenvalue weighted by Crippen LogP contribution is -2.34. The van der Waals surface area contributed by atoms with Gasteiger partial charge in [-0.15, -0.1) is 0 Å². The van der Waals surface area contributed by atoms with E-state index in [9.17, 15) is 4.79 Å². The van der Waals surface area contributed by atoms with Crippen molar-refractivity contribution >= 4 is 40.4 Å². The third kappa shape index (κ3) is 4.96. The van der Waals surface area contributed by atoms with Gasteiger partial charge in [0.15, 0.2) is 6.61 Å². The molecule has 1 amide bonds. The zero-order valence-corrected chi connectivity index (χ0v) is 16.0. The number of para-hydroxylation sites is 1. The topological polar surface area (TPSA) is 41.6 Å².